The molecule has 0 aromatic carbocycles. The zero-order valence-electron chi connectivity index (χ0n) is 11.5. The molecule has 4 amide bonds. The van der Waals surface area contributed by atoms with Crippen molar-refractivity contribution in [3.8, 4) is 0 Å². The van der Waals surface area contributed by atoms with Gasteiger partial charge in [0.25, 0.3) is 0 Å². The van der Waals surface area contributed by atoms with E-state index in [1.165, 1.54) is 0 Å². The van der Waals surface area contributed by atoms with Crippen LogP contribution in [0.2, 0.25) is 0 Å². The van der Waals surface area contributed by atoms with Crippen LogP contribution in [0.5, 0.6) is 0 Å². The van der Waals surface area contributed by atoms with Crippen molar-refractivity contribution < 1.29 is 43.9 Å². The summed E-state index contributed by atoms with van der Waals surface area (Å²) in [6.07, 6.45) is 2.32. The first kappa shape index (κ1) is 17.4. The van der Waals surface area contributed by atoms with Crippen LogP contribution in [0.3, 0.4) is 0 Å². The second-order valence-electron chi connectivity index (χ2n) is 4.31. The molecule has 1 atom stereocenters. The Labute approximate surface area is 129 Å². The van der Waals surface area contributed by atoms with Crippen molar-refractivity contribution in [1.82, 2.24) is 5.32 Å². The third kappa shape index (κ3) is 2.53. The second-order valence-corrected chi connectivity index (χ2v) is 4.31. The molecule has 1 saturated heterocycles. The average Bonchev–Trinajstić information content (AvgIpc) is 2.22. The molecule has 1 aliphatic rings. The predicted molar refractivity (Wildman–Crippen MR) is 63.2 cm³/mol. The number of imide groups is 2. The van der Waals surface area contributed by atoms with Crippen LogP contribution >= 0.6 is 0 Å². The summed E-state index contributed by atoms with van der Waals surface area (Å²) in [5.74, 6) is -1.47. The van der Waals surface area contributed by atoms with Gasteiger partial charge in [-0.05, 0) is 19.3 Å². The van der Waals surface area contributed by atoms with E-state index in [9.17, 15) is 14.4 Å². The van der Waals surface area contributed by atoms with E-state index in [4.69, 9.17) is 0 Å². The topological polar surface area (TPSA) is 77.3 Å². The van der Waals surface area contributed by atoms with E-state index in [2.05, 4.69) is 10.6 Å². The molecule has 0 spiro atoms. The van der Waals surface area contributed by atoms with E-state index in [1.807, 2.05) is 6.92 Å². The van der Waals surface area contributed by atoms with Crippen molar-refractivity contribution in [2.75, 3.05) is 0 Å². The molecule has 0 saturated carbocycles. The largest absolute Gasteiger partial charge is 1.00 e. The van der Waals surface area contributed by atoms with Crippen molar-refractivity contribution in [2.45, 2.75) is 34.1 Å². The molecule has 6 heteroatoms. The quantitative estimate of drug-likeness (QED) is 0.407. The van der Waals surface area contributed by atoms with Gasteiger partial charge in [0, 0.05) is 0 Å². The van der Waals surface area contributed by atoms with Crippen LogP contribution in [0.25, 0.3) is 5.32 Å². The smallest absolute Gasteiger partial charge is 0.394 e. The van der Waals surface area contributed by atoms with Crippen LogP contribution in [0.4, 0.5) is 4.79 Å². The molecular formula is C12H17N2NaO3. The van der Waals surface area contributed by atoms with E-state index < -0.39 is 23.3 Å². The van der Waals surface area contributed by atoms with E-state index >= 15 is 0 Å². The minimum atomic E-state index is -1.32. The predicted octanol–water partition coefficient (Wildman–Crippen LogP) is -0.861. The molecule has 0 aliphatic carbocycles. The van der Waals surface area contributed by atoms with Gasteiger partial charge in [0.2, 0.25) is 0 Å². The summed E-state index contributed by atoms with van der Waals surface area (Å²) in [6, 6.07) is -0.872. The number of urea groups is 1. The van der Waals surface area contributed by atoms with Crippen molar-refractivity contribution in [1.29, 1.82) is 0 Å². The minimum absolute atomic E-state index is 0. The van der Waals surface area contributed by atoms with Gasteiger partial charge in [0.1, 0.15) is 5.41 Å². The molecule has 1 fully saturated rings. The maximum atomic E-state index is 12.1. The molecule has 94 valence electrons. The first-order chi connectivity index (χ1) is 7.91. The number of hydrogen-bond acceptors (Lipinski definition) is 3. The fourth-order valence-corrected chi connectivity index (χ4v) is 2.37. The number of carbonyl (C=O) groups is 3. The SMILES string of the molecule is C/C=C(\CC)C1(C(C)C)C(=O)[N-]C(=O)NC1=O.[Na+]. The molecule has 18 heavy (non-hydrogen) atoms. The number of allylic oxidation sites excluding steroid dienone is 1. The summed E-state index contributed by atoms with van der Waals surface area (Å²) in [5.41, 5.74) is -0.622. The van der Waals surface area contributed by atoms with Crippen LogP contribution in [-0.2, 0) is 9.59 Å². The monoisotopic (exact) mass is 260 g/mol. The first-order valence-electron chi connectivity index (χ1n) is 5.68. The Kier molecular flexibility index (Phi) is 6.26. The van der Waals surface area contributed by atoms with Crippen molar-refractivity contribution in [3.63, 3.8) is 0 Å². The van der Waals surface area contributed by atoms with Gasteiger partial charge < -0.3 is 10.6 Å². The fraction of sp³-hybridized carbons (Fsp3) is 0.583. The fourth-order valence-electron chi connectivity index (χ4n) is 2.37. The molecule has 1 heterocycles. The number of hydrogen-bond donors (Lipinski definition) is 1. The summed E-state index contributed by atoms with van der Waals surface area (Å²) < 4.78 is 0. The van der Waals surface area contributed by atoms with Gasteiger partial charge in [0.05, 0.1) is 0 Å². The molecule has 1 unspecified atom stereocenters. The number of carbonyl (C=O) groups excluding carboxylic acids is 3. The van der Waals surface area contributed by atoms with Gasteiger partial charge in [-0.3, -0.25) is 14.4 Å². The molecule has 0 aromatic heterocycles. The van der Waals surface area contributed by atoms with E-state index in [0.717, 1.165) is 0 Å². The number of amides is 4. The van der Waals surface area contributed by atoms with Crippen molar-refractivity contribution in [2.24, 2.45) is 11.3 Å². The molecule has 0 aromatic rings. The van der Waals surface area contributed by atoms with Crippen LogP contribution in [0.1, 0.15) is 34.1 Å². The van der Waals surface area contributed by atoms with Crippen LogP contribution < -0.4 is 34.9 Å². The molecule has 0 bridgehead atoms. The van der Waals surface area contributed by atoms with Crippen molar-refractivity contribution in [3.05, 3.63) is 17.0 Å². The Balaban J connectivity index is 0.00000289. The summed E-state index contributed by atoms with van der Waals surface area (Å²) in [6.45, 7) is 7.21. The molecule has 1 aliphatic heterocycles. The number of nitrogens with zero attached hydrogens (tertiary/aromatic N) is 1. The van der Waals surface area contributed by atoms with Crippen molar-refractivity contribution >= 4 is 17.8 Å². The molecular weight excluding hydrogens is 243 g/mol. The Hall–Kier alpha value is -0.650. The summed E-state index contributed by atoms with van der Waals surface area (Å²) in [4.78, 5) is 35.2. The summed E-state index contributed by atoms with van der Waals surface area (Å²) in [5, 5.41) is 5.50. The van der Waals surface area contributed by atoms with Gasteiger partial charge in [-0.15, -0.1) is 0 Å². The molecule has 5 nitrogen and oxygen atoms in total. The van der Waals surface area contributed by atoms with Gasteiger partial charge >= 0.3 is 29.6 Å². The van der Waals surface area contributed by atoms with E-state index in [0.29, 0.717) is 12.0 Å². The second kappa shape index (κ2) is 6.50. The van der Waals surface area contributed by atoms with E-state index in [1.54, 1.807) is 26.8 Å². The summed E-state index contributed by atoms with van der Waals surface area (Å²) >= 11 is 0. The van der Waals surface area contributed by atoms with Gasteiger partial charge in [-0.1, -0.05) is 32.4 Å². The zero-order chi connectivity index (χ0) is 13.2. The van der Waals surface area contributed by atoms with Gasteiger partial charge in [-0.25, -0.2) is 0 Å². The third-order valence-corrected chi connectivity index (χ3v) is 3.22. The van der Waals surface area contributed by atoms with Crippen LogP contribution in [-0.4, -0.2) is 17.8 Å². The number of barbiturate groups is 1. The molecule has 1 N–H and O–H groups in total. The van der Waals surface area contributed by atoms with Crippen LogP contribution in [0.15, 0.2) is 11.6 Å². The number of nitrogens with one attached hydrogen (secondary N) is 1. The van der Waals surface area contributed by atoms with Crippen LogP contribution in [0, 0.1) is 11.3 Å². The first-order valence-corrected chi connectivity index (χ1v) is 5.68. The standard InChI is InChI=1S/C12H18N2O3.Na/c1-5-8(6-2)12(7(3)4)9(15)13-11(17)14-10(12)16;/h5,7H,6H2,1-4H3,(H2,13,14,15,16,17);/q;+1/p-1/b8-5+;. The molecule has 0 radical (unpaired) electrons. The van der Waals surface area contributed by atoms with E-state index in [-0.39, 0.29) is 35.5 Å². The Bertz CT molecular complexity index is 382. The van der Waals surface area contributed by atoms with Gasteiger partial charge in [0.15, 0.2) is 17.8 Å². The average molecular weight is 260 g/mol. The third-order valence-electron chi connectivity index (χ3n) is 3.22. The zero-order valence-corrected chi connectivity index (χ0v) is 13.5. The number of rotatable bonds is 3. The molecule has 1 rings (SSSR count). The minimum Gasteiger partial charge on any atom is -0.394 e. The Morgan fingerprint density at radius 2 is 1.94 bits per heavy atom. The Morgan fingerprint density at radius 1 is 1.39 bits per heavy atom. The normalized spacial score (nSPS) is 24.5. The Morgan fingerprint density at radius 3 is 2.28 bits per heavy atom. The maximum absolute atomic E-state index is 12.1. The van der Waals surface area contributed by atoms with Gasteiger partial charge in [-0.2, -0.15) is 0 Å². The summed E-state index contributed by atoms with van der Waals surface area (Å²) in [7, 11) is 0. The maximum Gasteiger partial charge on any atom is 1.00 e.